The highest BCUT2D eigenvalue weighted by molar-refractivity contribution is 7.92. The Balaban J connectivity index is 0.000000730. The van der Waals surface area contributed by atoms with Crippen LogP contribution in [0, 0.1) is 11.8 Å². The molecule has 4 aromatic carbocycles. The monoisotopic (exact) mass is 792 g/mol. The van der Waals surface area contributed by atoms with Gasteiger partial charge in [0.2, 0.25) is 0 Å². The first-order valence-electron chi connectivity index (χ1n) is 16.5. The highest BCUT2D eigenvalue weighted by Crippen LogP contribution is 2.36. The molecular weight excluding hydrogens is 759 g/mol. The van der Waals surface area contributed by atoms with Gasteiger partial charge in [0.05, 0.1) is 22.3 Å². The van der Waals surface area contributed by atoms with E-state index in [2.05, 4.69) is 9.71 Å². The van der Waals surface area contributed by atoms with Gasteiger partial charge in [-0.1, -0.05) is 54.6 Å². The molecule has 1 aliphatic rings. The largest absolute Gasteiger partial charge is 0.491 e. The molecule has 0 aliphatic heterocycles. The van der Waals surface area contributed by atoms with E-state index in [0.29, 0.717) is 33.4 Å². The number of thiazole rings is 1. The zero-order valence-corrected chi connectivity index (χ0v) is 29.9. The summed E-state index contributed by atoms with van der Waals surface area (Å²) in [6, 6.07) is 28.0. The fourth-order valence-corrected chi connectivity index (χ4v) is 7.78. The first-order chi connectivity index (χ1) is 25.5. The van der Waals surface area contributed by atoms with Crippen LogP contribution < -0.4 is 9.46 Å². The number of carboxylic acids is 1. The van der Waals surface area contributed by atoms with Gasteiger partial charge in [-0.2, -0.15) is 26.3 Å². The third kappa shape index (κ3) is 11.1. The Morgan fingerprint density at radius 2 is 1.48 bits per heavy atom. The Labute approximate surface area is 311 Å². The van der Waals surface area contributed by atoms with Crippen LogP contribution in [-0.4, -0.2) is 48.5 Å². The fourth-order valence-electron chi connectivity index (χ4n) is 5.88. The highest BCUT2D eigenvalue weighted by atomic mass is 32.2. The lowest BCUT2D eigenvalue weighted by Crippen LogP contribution is -2.25. The summed E-state index contributed by atoms with van der Waals surface area (Å²) >= 11 is 1.32. The van der Waals surface area contributed by atoms with Gasteiger partial charge in [-0.15, -0.1) is 11.3 Å². The van der Waals surface area contributed by atoms with Gasteiger partial charge in [-0.25, -0.2) is 18.2 Å². The molecule has 1 heterocycles. The van der Waals surface area contributed by atoms with Gasteiger partial charge in [0.1, 0.15) is 17.4 Å². The molecule has 0 unspecified atom stereocenters. The van der Waals surface area contributed by atoms with Crippen molar-refractivity contribution in [1.82, 2.24) is 4.98 Å². The minimum Gasteiger partial charge on any atom is -0.491 e. The first kappa shape index (κ1) is 40.3. The molecule has 1 fully saturated rings. The Bertz CT molecular complexity index is 2090. The van der Waals surface area contributed by atoms with Crippen LogP contribution in [0.3, 0.4) is 0 Å². The lowest BCUT2D eigenvalue weighted by atomic mass is 9.95. The summed E-state index contributed by atoms with van der Waals surface area (Å²) in [7, 11) is -3.84. The lowest BCUT2D eigenvalue weighted by Gasteiger charge is -2.19. The number of carbonyl (C=O) groups is 1. The molecule has 3 atom stereocenters. The molecule has 1 aromatic heterocycles. The molecule has 3 N–H and O–H groups in total. The van der Waals surface area contributed by atoms with Crippen LogP contribution in [0.25, 0.3) is 21.8 Å². The van der Waals surface area contributed by atoms with E-state index >= 15 is 0 Å². The van der Waals surface area contributed by atoms with Crippen molar-refractivity contribution >= 4 is 33.0 Å². The zero-order valence-electron chi connectivity index (χ0n) is 28.2. The number of sulfonamides is 1. The standard InChI is InChI=1S/C36H33F3N2O4S2.C2HF3O2/c37-36(38,39)29-14-10-26(11-15-29)33-23-46-35(40-33)27-12-18-32(19-13-27)47(43,44)41-30-16-7-24(8-17-30)20-25-6-9-28(21-25)34(42)22-45-31-4-2-1-3-5-31;3-2(4,5)1(6)7/h1-5,7-8,10-19,23,25,28,34,41-42H,6,9,20-22H2;(H,6,7)/t25-,28-,34+;/m0./s1. The van der Waals surface area contributed by atoms with Crippen molar-refractivity contribution in [1.29, 1.82) is 0 Å². The molecule has 286 valence electrons. The minimum absolute atomic E-state index is 0.0941. The van der Waals surface area contributed by atoms with Crippen LogP contribution in [0.5, 0.6) is 5.75 Å². The Morgan fingerprint density at radius 3 is 2.07 bits per heavy atom. The van der Waals surface area contributed by atoms with Crippen molar-refractivity contribution in [3.8, 4) is 27.6 Å². The summed E-state index contributed by atoms with van der Waals surface area (Å²) in [5.41, 5.74) is 2.64. The summed E-state index contributed by atoms with van der Waals surface area (Å²) in [6.07, 6.45) is -6.26. The molecule has 6 rings (SSSR count). The van der Waals surface area contributed by atoms with E-state index in [9.17, 15) is 39.9 Å². The number of anilines is 1. The molecule has 5 aromatic rings. The van der Waals surface area contributed by atoms with Crippen molar-refractivity contribution in [2.45, 2.75) is 49.0 Å². The van der Waals surface area contributed by atoms with Gasteiger partial charge in [0.25, 0.3) is 10.0 Å². The van der Waals surface area contributed by atoms with E-state index < -0.39 is 40.0 Å². The SMILES string of the molecule is O=C(O)C(F)(F)F.O=S(=O)(Nc1ccc(C[C@@H]2CC[C@H]([C@H](O)COc3ccccc3)C2)cc1)c1ccc(-c2nc(-c3ccc(C(F)(F)F)cc3)cs2)cc1. The number of benzene rings is 4. The normalized spacial score (nSPS) is 16.6. The molecule has 0 amide bonds. The molecule has 0 radical (unpaired) electrons. The Kier molecular flexibility index (Phi) is 12.7. The molecule has 1 aliphatic carbocycles. The maximum Gasteiger partial charge on any atom is 0.490 e. The number of hydrogen-bond acceptors (Lipinski definition) is 7. The predicted octanol–water partition coefficient (Wildman–Crippen LogP) is 9.33. The van der Waals surface area contributed by atoms with Gasteiger partial charge in [0, 0.05) is 22.2 Å². The number of aliphatic carboxylic acids is 1. The molecule has 0 saturated heterocycles. The number of para-hydroxylation sites is 1. The number of aliphatic hydroxyl groups excluding tert-OH is 1. The minimum atomic E-state index is -5.08. The summed E-state index contributed by atoms with van der Waals surface area (Å²) in [6.45, 7) is 0.275. The van der Waals surface area contributed by atoms with Gasteiger partial charge in [-0.05, 0) is 91.6 Å². The molecule has 1 saturated carbocycles. The van der Waals surface area contributed by atoms with E-state index in [1.165, 1.54) is 35.6 Å². The van der Waals surface area contributed by atoms with Crippen molar-refractivity contribution in [2.24, 2.45) is 11.8 Å². The van der Waals surface area contributed by atoms with Crippen molar-refractivity contribution in [2.75, 3.05) is 11.3 Å². The van der Waals surface area contributed by atoms with E-state index in [-0.39, 0.29) is 17.4 Å². The van der Waals surface area contributed by atoms with Gasteiger partial charge >= 0.3 is 18.3 Å². The second kappa shape index (κ2) is 17.0. The molecule has 0 bridgehead atoms. The number of aliphatic hydroxyl groups is 1. The zero-order chi connectivity index (χ0) is 39.1. The number of ether oxygens (including phenoxy) is 1. The van der Waals surface area contributed by atoms with Gasteiger partial charge < -0.3 is 14.9 Å². The average Bonchev–Trinajstić information content (AvgIpc) is 3.82. The van der Waals surface area contributed by atoms with Crippen LogP contribution in [0.15, 0.2) is 113 Å². The van der Waals surface area contributed by atoms with E-state index in [0.717, 1.165) is 49.1 Å². The summed E-state index contributed by atoms with van der Waals surface area (Å²) < 4.78 is 105. The molecule has 0 spiro atoms. The van der Waals surface area contributed by atoms with Crippen molar-refractivity contribution in [3.05, 3.63) is 120 Å². The van der Waals surface area contributed by atoms with Crippen LogP contribution in [0.4, 0.5) is 32.0 Å². The number of hydrogen-bond donors (Lipinski definition) is 3. The number of alkyl halides is 6. The highest BCUT2D eigenvalue weighted by Gasteiger charge is 2.38. The topological polar surface area (TPSA) is 126 Å². The molecular formula is C38H34F6N2O6S2. The lowest BCUT2D eigenvalue weighted by molar-refractivity contribution is -0.192. The summed E-state index contributed by atoms with van der Waals surface area (Å²) in [5, 5.41) is 20.2. The maximum atomic E-state index is 13.1. The maximum absolute atomic E-state index is 13.1. The van der Waals surface area contributed by atoms with Crippen LogP contribution in [-0.2, 0) is 27.4 Å². The average molecular weight is 793 g/mol. The van der Waals surface area contributed by atoms with Crippen LogP contribution >= 0.6 is 11.3 Å². The van der Waals surface area contributed by atoms with Gasteiger partial charge in [-0.3, -0.25) is 4.72 Å². The molecule has 54 heavy (non-hydrogen) atoms. The predicted molar refractivity (Wildman–Crippen MR) is 191 cm³/mol. The Hall–Kier alpha value is -4.93. The quantitative estimate of drug-likeness (QED) is 0.114. The van der Waals surface area contributed by atoms with E-state index in [4.69, 9.17) is 14.6 Å². The number of aromatic nitrogens is 1. The molecule has 8 nitrogen and oxygen atoms in total. The van der Waals surface area contributed by atoms with E-state index in [1.54, 1.807) is 29.6 Å². The molecule has 16 heteroatoms. The number of halogens is 6. The summed E-state index contributed by atoms with van der Waals surface area (Å²) in [4.78, 5) is 13.5. The van der Waals surface area contributed by atoms with Gasteiger partial charge in [0.15, 0.2) is 0 Å². The van der Waals surface area contributed by atoms with Crippen molar-refractivity contribution < 1.29 is 54.5 Å². The number of nitrogens with one attached hydrogen (secondary N) is 1. The summed E-state index contributed by atoms with van der Waals surface area (Å²) in [5.74, 6) is -1.37. The van der Waals surface area contributed by atoms with Crippen molar-refractivity contribution in [3.63, 3.8) is 0 Å². The first-order valence-corrected chi connectivity index (χ1v) is 18.9. The third-order valence-corrected chi connectivity index (χ3v) is 11.0. The second-order valence-corrected chi connectivity index (χ2v) is 15.1. The smallest absolute Gasteiger partial charge is 0.490 e. The third-order valence-electron chi connectivity index (χ3n) is 8.69. The fraction of sp³-hybridized carbons (Fsp3) is 0.263. The number of nitrogens with zero attached hydrogens (tertiary/aromatic N) is 1. The number of rotatable bonds is 11. The van der Waals surface area contributed by atoms with Crippen LogP contribution in [0.2, 0.25) is 0 Å². The second-order valence-electron chi connectivity index (χ2n) is 12.6. The van der Waals surface area contributed by atoms with Crippen LogP contribution in [0.1, 0.15) is 30.4 Å². The number of carboxylic acid groups (broad SMARTS) is 1. The Morgan fingerprint density at radius 1 is 0.870 bits per heavy atom. The van der Waals surface area contributed by atoms with E-state index in [1.807, 2.05) is 42.5 Å².